The number of aliphatic hydroxyl groups is 9. The van der Waals surface area contributed by atoms with Crippen molar-refractivity contribution in [2.75, 3.05) is 13.2 Å². The van der Waals surface area contributed by atoms with Gasteiger partial charge in [0.2, 0.25) is 0 Å². The fourth-order valence-electron chi connectivity index (χ4n) is 13.3. The van der Waals surface area contributed by atoms with Crippen LogP contribution in [0.5, 0.6) is 0 Å². The molecule has 0 spiro atoms. The lowest BCUT2D eigenvalue weighted by Gasteiger charge is -2.70. The Morgan fingerprint density at radius 2 is 1.33 bits per heavy atom. The summed E-state index contributed by atoms with van der Waals surface area (Å²) in [4.78, 5) is 0. The quantitative estimate of drug-likeness (QED) is 0.115. The van der Waals surface area contributed by atoms with E-state index in [0.29, 0.717) is 19.3 Å². The van der Waals surface area contributed by atoms with Gasteiger partial charge < -0.3 is 64.9 Å². The van der Waals surface area contributed by atoms with Crippen molar-refractivity contribution in [3.8, 4) is 0 Å². The molecule has 4 aliphatic carbocycles. The fourth-order valence-corrected chi connectivity index (χ4v) is 13.3. The standard InChI is InChI=1S/C42H72O13/c1-21(2)10-9-14-42(8,51)22-11-16-41(7)29(22)23(45)18-27-39(5)15-13-28(38(3,4)26(39)12-17-40(27,41)6)54-37-35(33(49)31(47)25(20-44)53-37)55-36-34(50)32(48)30(46)24(19-43)52-36/h10,22-37,43-51H,9,11-20H2,1-8H3/t22-,23+,24+,25+,26?,27+,28-,29?,30+,31+,32-,33-,34+,35+,36-,37-,39-,40+,41+,42?/m0/s1. The van der Waals surface area contributed by atoms with Crippen LogP contribution in [0.15, 0.2) is 11.6 Å². The van der Waals surface area contributed by atoms with E-state index in [9.17, 15) is 46.0 Å². The number of hydrogen-bond acceptors (Lipinski definition) is 13. The van der Waals surface area contributed by atoms with Gasteiger partial charge in [-0.15, -0.1) is 0 Å². The fraction of sp³-hybridized carbons (Fsp3) is 0.952. The van der Waals surface area contributed by atoms with Crippen molar-refractivity contribution >= 4 is 0 Å². The van der Waals surface area contributed by atoms with Crippen molar-refractivity contribution in [1.29, 1.82) is 0 Å². The molecule has 0 aromatic carbocycles. The summed E-state index contributed by atoms with van der Waals surface area (Å²) in [5.41, 5.74) is -0.405. The van der Waals surface area contributed by atoms with Crippen LogP contribution < -0.4 is 0 Å². The number of allylic oxidation sites excluding steroid dienone is 2. The number of fused-ring (bicyclic) bond motifs is 5. The van der Waals surface area contributed by atoms with Crippen molar-refractivity contribution in [2.45, 2.75) is 192 Å². The van der Waals surface area contributed by atoms with Gasteiger partial charge in [-0.05, 0) is 124 Å². The largest absolute Gasteiger partial charge is 0.394 e. The molecule has 0 amide bonds. The van der Waals surface area contributed by atoms with E-state index < -0.39 is 97.8 Å². The Kier molecular flexibility index (Phi) is 12.5. The van der Waals surface area contributed by atoms with Gasteiger partial charge in [0.25, 0.3) is 0 Å². The van der Waals surface area contributed by atoms with Crippen LogP contribution in [-0.2, 0) is 18.9 Å². The third-order valence-electron chi connectivity index (χ3n) is 16.6. The van der Waals surface area contributed by atoms with Crippen LogP contribution in [0.1, 0.15) is 113 Å². The molecule has 0 radical (unpaired) electrons. The SMILES string of the molecule is CC(C)=CCCC(C)(O)[C@H]1CC[C@]2(C)C1[C@H](O)C[C@@H]1[C@@]3(C)CC[C@H](O[C@@H]4O[C@H](CO)[C@@H](O)[C@H](O)[C@H]4O[C@@H]4O[C@H](CO)[C@@H](O)[C@H](O)[C@H]4O)C(C)(C)C3CC[C@]12C. The molecule has 0 aromatic rings. The smallest absolute Gasteiger partial charge is 0.187 e. The molecular weight excluding hydrogens is 712 g/mol. The van der Waals surface area contributed by atoms with E-state index >= 15 is 0 Å². The van der Waals surface area contributed by atoms with Gasteiger partial charge in [-0.1, -0.05) is 46.3 Å². The van der Waals surface area contributed by atoms with Crippen LogP contribution in [0.4, 0.5) is 0 Å². The minimum absolute atomic E-state index is 0.00798. The van der Waals surface area contributed by atoms with Crippen molar-refractivity contribution in [2.24, 2.45) is 45.3 Å². The lowest BCUT2D eigenvalue weighted by Crippen LogP contribution is -2.68. The molecule has 2 saturated heterocycles. The molecule has 9 N–H and O–H groups in total. The Morgan fingerprint density at radius 3 is 1.95 bits per heavy atom. The number of aliphatic hydroxyl groups excluding tert-OH is 8. The Bertz CT molecular complexity index is 1370. The summed E-state index contributed by atoms with van der Waals surface area (Å²) in [5, 5.41) is 97.4. The van der Waals surface area contributed by atoms with E-state index in [2.05, 4.69) is 54.5 Å². The molecule has 13 nitrogen and oxygen atoms in total. The highest BCUT2D eigenvalue weighted by Gasteiger charge is 2.71. The van der Waals surface area contributed by atoms with Crippen LogP contribution in [0.2, 0.25) is 0 Å². The molecule has 6 aliphatic rings. The predicted molar refractivity (Wildman–Crippen MR) is 201 cm³/mol. The molecule has 20 atom stereocenters. The van der Waals surface area contributed by atoms with Gasteiger partial charge in [0, 0.05) is 0 Å². The minimum atomic E-state index is -1.75. The Hall–Kier alpha value is -0.780. The molecule has 4 saturated carbocycles. The summed E-state index contributed by atoms with van der Waals surface area (Å²) in [5.74, 6) is 0.445. The highest BCUT2D eigenvalue weighted by atomic mass is 16.8. The second kappa shape index (κ2) is 15.7. The molecule has 0 aromatic heterocycles. The second-order valence-electron chi connectivity index (χ2n) is 20.1. The molecule has 0 bridgehead atoms. The van der Waals surface area contributed by atoms with E-state index in [1.165, 1.54) is 5.57 Å². The highest BCUT2D eigenvalue weighted by Crippen LogP contribution is 2.76. The first-order chi connectivity index (χ1) is 25.6. The van der Waals surface area contributed by atoms with E-state index in [-0.39, 0.29) is 39.9 Å². The summed E-state index contributed by atoms with van der Waals surface area (Å²) in [6.07, 6.45) is -6.48. The molecule has 6 rings (SSSR count). The highest BCUT2D eigenvalue weighted by molar-refractivity contribution is 5.20. The average molecular weight is 785 g/mol. The Morgan fingerprint density at radius 1 is 0.727 bits per heavy atom. The third kappa shape index (κ3) is 7.20. The van der Waals surface area contributed by atoms with Crippen LogP contribution in [-0.4, -0.2) is 138 Å². The topological polar surface area (TPSA) is 219 Å². The summed E-state index contributed by atoms with van der Waals surface area (Å²) < 4.78 is 24.4. The zero-order chi connectivity index (χ0) is 40.6. The third-order valence-corrected chi connectivity index (χ3v) is 16.6. The van der Waals surface area contributed by atoms with Crippen LogP contribution >= 0.6 is 0 Å². The number of hydrogen-bond donors (Lipinski definition) is 9. The second-order valence-corrected chi connectivity index (χ2v) is 20.1. The average Bonchev–Trinajstić information content (AvgIpc) is 3.50. The molecule has 318 valence electrons. The van der Waals surface area contributed by atoms with Crippen LogP contribution in [0.3, 0.4) is 0 Å². The molecule has 3 unspecified atom stereocenters. The minimum Gasteiger partial charge on any atom is -0.394 e. The zero-order valence-corrected chi connectivity index (χ0v) is 34.3. The van der Waals surface area contributed by atoms with Gasteiger partial charge in [-0.25, -0.2) is 0 Å². The predicted octanol–water partition coefficient (Wildman–Crippen LogP) is 2.15. The maximum Gasteiger partial charge on any atom is 0.187 e. The number of ether oxygens (including phenoxy) is 4. The van der Waals surface area contributed by atoms with Gasteiger partial charge in [-0.3, -0.25) is 0 Å². The number of rotatable bonds is 10. The summed E-state index contributed by atoms with van der Waals surface area (Å²) >= 11 is 0. The van der Waals surface area contributed by atoms with E-state index in [4.69, 9.17) is 18.9 Å². The normalized spacial score (nSPS) is 52.0. The summed E-state index contributed by atoms with van der Waals surface area (Å²) in [6, 6.07) is 0. The van der Waals surface area contributed by atoms with Gasteiger partial charge in [0.15, 0.2) is 12.6 Å². The molecule has 55 heavy (non-hydrogen) atoms. The van der Waals surface area contributed by atoms with E-state index in [1.807, 2.05) is 6.92 Å². The van der Waals surface area contributed by atoms with Crippen molar-refractivity contribution in [3.05, 3.63) is 11.6 Å². The van der Waals surface area contributed by atoms with Gasteiger partial charge >= 0.3 is 0 Å². The van der Waals surface area contributed by atoms with E-state index in [1.54, 1.807) is 0 Å². The van der Waals surface area contributed by atoms with Crippen LogP contribution in [0, 0.1) is 45.3 Å². The molecule has 2 heterocycles. The first-order valence-corrected chi connectivity index (χ1v) is 20.9. The maximum atomic E-state index is 12.2. The van der Waals surface area contributed by atoms with Gasteiger partial charge in [0.05, 0.1) is 31.0 Å². The van der Waals surface area contributed by atoms with Crippen molar-refractivity contribution in [1.82, 2.24) is 0 Å². The van der Waals surface area contributed by atoms with Gasteiger partial charge in [0.1, 0.15) is 48.8 Å². The molecule has 6 fully saturated rings. The van der Waals surface area contributed by atoms with Crippen molar-refractivity contribution < 1.29 is 64.9 Å². The Labute approximate surface area is 327 Å². The molecule has 13 heteroatoms. The maximum absolute atomic E-state index is 12.2. The summed E-state index contributed by atoms with van der Waals surface area (Å²) in [7, 11) is 0. The van der Waals surface area contributed by atoms with E-state index in [0.717, 1.165) is 38.5 Å². The molecular formula is C42H72O13. The monoisotopic (exact) mass is 784 g/mol. The summed E-state index contributed by atoms with van der Waals surface area (Å²) in [6.45, 7) is 16.5. The first-order valence-electron chi connectivity index (χ1n) is 20.9. The first kappa shape index (κ1) is 43.8. The van der Waals surface area contributed by atoms with Crippen molar-refractivity contribution in [3.63, 3.8) is 0 Å². The van der Waals surface area contributed by atoms with Gasteiger partial charge in [-0.2, -0.15) is 0 Å². The lowest BCUT2D eigenvalue weighted by atomic mass is 9.35. The zero-order valence-electron chi connectivity index (χ0n) is 34.3. The molecule has 2 aliphatic heterocycles. The lowest BCUT2D eigenvalue weighted by molar-refractivity contribution is -0.378. The van der Waals surface area contributed by atoms with Crippen LogP contribution in [0.25, 0.3) is 0 Å². The Balaban J connectivity index is 1.23.